The lowest BCUT2D eigenvalue weighted by Gasteiger charge is -2.31. The highest BCUT2D eigenvalue weighted by atomic mass is 32.2. The fraction of sp³-hybridized carbons (Fsp3) is 0.471. The van der Waals surface area contributed by atoms with Gasteiger partial charge in [0.2, 0.25) is 10.0 Å². The number of hydrogen-bond acceptors (Lipinski definition) is 5. The van der Waals surface area contributed by atoms with E-state index in [1.165, 1.54) is 10.5 Å². The van der Waals surface area contributed by atoms with Crippen molar-refractivity contribution in [2.75, 3.05) is 13.1 Å². The van der Waals surface area contributed by atoms with Gasteiger partial charge in [-0.3, -0.25) is 14.5 Å². The van der Waals surface area contributed by atoms with E-state index in [0.717, 1.165) is 0 Å². The summed E-state index contributed by atoms with van der Waals surface area (Å²) in [5, 5.41) is 7.16. The Hall–Kier alpha value is -2.26. The number of aryl methyl sites for hydroxylation is 2. The van der Waals surface area contributed by atoms with Crippen molar-refractivity contribution in [3.05, 3.63) is 41.5 Å². The minimum Gasteiger partial charge on any atom is -0.349 e. The number of nitrogens with zero attached hydrogens (tertiary/aromatic N) is 4. The second-order valence-electron chi connectivity index (χ2n) is 6.52. The Morgan fingerprint density at radius 1 is 1.27 bits per heavy atom. The smallest absolute Gasteiger partial charge is 0.253 e. The summed E-state index contributed by atoms with van der Waals surface area (Å²) in [6.07, 6.45) is 4.28. The van der Waals surface area contributed by atoms with Gasteiger partial charge in [0.1, 0.15) is 4.90 Å². The zero-order valence-electron chi connectivity index (χ0n) is 15.1. The number of nitrogens with one attached hydrogen (secondary N) is 1. The zero-order valence-corrected chi connectivity index (χ0v) is 16.0. The van der Waals surface area contributed by atoms with Gasteiger partial charge in [0.05, 0.1) is 17.0 Å². The van der Waals surface area contributed by atoms with E-state index in [4.69, 9.17) is 0 Å². The number of amides is 1. The Labute approximate surface area is 153 Å². The lowest BCUT2D eigenvalue weighted by atomic mass is 10.1. The van der Waals surface area contributed by atoms with E-state index in [1.54, 1.807) is 43.9 Å². The molecule has 1 aliphatic rings. The molecule has 0 spiro atoms. The molecule has 140 valence electrons. The zero-order chi connectivity index (χ0) is 18.9. The minimum absolute atomic E-state index is 0.0507. The van der Waals surface area contributed by atoms with Crippen molar-refractivity contribution >= 4 is 15.9 Å². The van der Waals surface area contributed by atoms with Crippen LogP contribution >= 0.6 is 0 Å². The van der Waals surface area contributed by atoms with Crippen LogP contribution in [-0.2, 0) is 17.1 Å². The van der Waals surface area contributed by atoms with Crippen molar-refractivity contribution in [2.45, 2.75) is 37.6 Å². The highest BCUT2D eigenvalue weighted by molar-refractivity contribution is 7.89. The van der Waals surface area contributed by atoms with Gasteiger partial charge in [-0.05, 0) is 38.8 Å². The lowest BCUT2D eigenvalue weighted by Crippen LogP contribution is -2.46. The Morgan fingerprint density at radius 3 is 2.50 bits per heavy atom. The van der Waals surface area contributed by atoms with Crippen LogP contribution in [0.2, 0.25) is 0 Å². The number of hydrogen-bond donors (Lipinski definition) is 1. The van der Waals surface area contributed by atoms with Crippen LogP contribution < -0.4 is 5.32 Å². The minimum atomic E-state index is -3.58. The van der Waals surface area contributed by atoms with Crippen molar-refractivity contribution in [2.24, 2.45) is 7.05 Å². The number of piperidine rings is 1. The third-order valence-electron chi connectivity index (χ3n) is 4.75. The molecule has 1 aliphatic heterocycles. The van der Waals surface area contributed by atoms with Crippen LogP contribution in [0.5, 0.6) is 0 Å². The molecule has 3 heterocycles. The highest BCUT2D eigenvalue weighted by Crippen LogP contribution is 2.25. The summed E-state index contributed by atoms with van der Waals surface area (Å²) in [5.41, 5.74) is 1.65. The van der Waals surface area contributed by atoms with Crippen molar-refractivity contribution in [1.29, 1.82) is 0 Å². The van der Waals surface area contributed by atoms with Gasteiger partial charge in [0.25, 0.3) is 5.91 Å². The van der Waals surface area contributed by atoms with Crippen LogP contribution in [0.25, 0.3) is 0 Å². The monoisotopic (exact) mass is 377 g/mol. The molecule has 1 saturated heterocycles. The first-order valence-corrected chi connectivity index (χ1v) is 9.96. The van der Waals surface area contributed by atoms with Gasteiger partial charge < -0.3 is 5.32 Å². The van der Waals surface area contributed by atoms with Crippen molar-refractivity contribution in [1.82, 2.24) is 24.4 Å². The van der Waals surface area contributed by atoms with Gasteiger partial charge in [-0.2, -0.15) is 9.40 Å². The summed E-state index contributed by atoms with van der Waals surface area (Å²) in [6, 6.07) is 3.36. The largest absolute Gasteiger partial charge is 0.349 e. The fourth-order valence-electron chi connectivity index (χ4n) is 3.26. The van der Waals surface area contributed by atoms with Crippen molar-refractivity contribution in [3.63, 3.8) is 0 Å². The van der Waals surface area contributed by atoms with Gasteiger partial charge in [-0.25, -0.2) is 8.42 Å². The van der Waals surface area contributed by atoms with Crippen LogP contribution in [0.1, 0.15) is 34.6 Å². The molecule has 0 saturated carbocycles. The second-order valence-corrected chi connectivity index (χ2v) is 8.39. The summed E-state index contributed by atoms with van der Waals surface area (Å²) in [6.45, 7) is 4.21. The molecule has 1 fully saturated rings. The predicted octanol–water partition coefficient (Wildman–Crippen LogP) is 1.02. The fourth-order valence-corrected chi connectivity index (χ4v) is 5.13. The average molecular weight is 377 g/mol. The van der Waals surface area contributed by atoms with E-state index in [1.807, 2.05) is 0 Å². The number of carbonyl (C=O) groups excluding carboxylic acids is 1. The molecule has 2 aromatic rings. The van der Waals surface area contributed by atoms with Gasteiger partial charge in [-0.1, -0.05) is 0 Å². The summed E-state index contributed by atoms with van der Waals surface area (Å²) < 4.78 is 29.0. The number of sulfonamides is 1. The Bertz CT molecular complexity index is 900. The molecule has 1 amide bonds. The van der Waals surface area contributed by atoms with Crippen molar-refractivity contribution < 1.29 is 13.2 Å². The first kappa shape index (κ1) is 18.5. The number of rotatable bonds is 4. The van der Waals surface area contributed by atoms with Crippen LogP contribution in [0.4, 0.5) is 0 Å². The molecule has 0 aliphatic carbocycles. The van der Waals surface area contributed by atoms with Crippen LogP contribution in [0, 0.1) is 13.8 Å². The number of carbonyl (C=O) groups is 1. The maximum absolute atomic E-state index is 13.0. The van der Waals surface area contributed by atoms with E-state index >= 15 is 0 Å². The Balaban J connectivity index is 1.66. The molecule has 0 unspecified atom stereocenters. The van der Waals surface area contributed by atoms with Gasteiger partial charge >= 0.3 is 0 Å². The standard InChI is InChI=1S/C17H23N5O3S/c1-12-16(13(2)21(3)20-12)26(24,25)22-9-6-15(7-10-22)19-17(23)14-5-4-8-18-11-14/h4-5,8,11,15H,6-7,9-10H2,1-3H3,(H,19,23). The second kappa shape index (κ2) is 7.16. The van der Waals surface area contributed by atoms with E-state index in [0.29, 0.717) is 42.9 Å². The van der Waals surface area contributed by atoms with Gasteiger partial charge in [-0.15, -0.1) is 0 Å². The molecule has 1 N–H and O–H groups in total. The topological polar surface area (TPSA) is 97.2 Å². The van der Waals surface area contributed by atoms with Crippen molar-refractivity contribution in [3.8, 4) is 0 Å². The molecule has 0 aromatic carbocycles. The molecule has 0 radical (unpaired) electrons. The predicted molar refractivity (Wildman–Crippen MR) is 96.2 cm³/mol. The summed E-state index contributed by atoms with van der Waals surface area (Å²) in [4.78, 5) is 16.4. The highest BCUT2D eigenvalue weighted by Gasteiger charge is 2.33. The van der Waals surface area contributed by atoms with Crippen LogP contribution in [-0.4, -0.2) is 52.5 Å². The third kappa shape index (κ3) is 3.49. The number of aromatic nitrogens is 3. The molecule has 8 nitrogen and oxygen atoms in total. The summed E-state index contributed by atoms with van der Waals surface area (Å²) >= 11 is 0. The van der Waals surface area contributed by atoms with E-state index in [-0.39, 0.29) is 16.8 Å². The third-order valence-corrected chi connectivity index (χ3v) is 6.91. The van der Waals surface area contributed by atoms with Gasteiger partial charge in [0, 0.05) is 38.6 Å². The molecule has 3 rings (SSSR count). The quantitative estimate of drug-likeness (QED) is 0.858. The van der Waals surface area contributed by atoms with E-state index < -0.39 is 10.0 Å². The molecule has 9 heteroatoms. The Morgan fingerprint density at radius 2 is 1.96 bits per heavy atom. The van der Waals surface area contributed by atoms with Gasteiger partial charge in [0.15, 0.2) is 0 Å². The maximum atomic E-state index is 13.0. The molecule has 2 aromatic heterocycles. The summed E-state index contributed by atoms with van der Waals surface area (Å²) in [7, 11) is -1.84. The number of pyridine rings is 1. The first-order valence-electron chi connectivity index (χ1n) is 8.52. The van der Waals surface area contributed by atoms with Crippen LogP contribution in [0.3, 0.4) is 0 Å². The van der Waals surface area contributed by atoms with E-state index in [2.05, 4.69) is 15.4 Å². The van der Waals surface area contributed by atoms with Crippen LogP contribution in [0.15, 0.2) is 29.4 Å². The SMILES string of the molecule is Cc1nn(C)c(C)c1S(=O)(=O)N1CCC(NC(=O)c2cccnc2)CC1. The van der Waals surface area contributed by atoms with E-state index in [9.17, 15) is 13.2 Å². The molecule has 0 atom stereocenters. The maximum Gasteiger partial charge on any atom is 0.253 e. The molecule has 0 bridgehead atoms. The summed E-state index contributed by atoms with van der Waals surface area (Å²) in [5.74, 6) is -0.182. The molecule has 26 heavy (non-hydrogen) atoms. The average Bonchev–Trinajstić information content (AvgIpc) is 2.88. The molecular formula is C17H23N5O3S. The first-order chi connectivity index (χ1) is 12.3. The normalized spacial score (nSPS) is 16.6. The molecular weight excluding hydrogens is 354 g/mol. The Kier molecular flexibility index (Phi) is 5.10. The lowest BCUT2D eigenvalue weighted by molar-refractivity contribution is 0.0923.